The first-order valence-corrected chi connectivity index (χ1v) is 5.94. The van der Waals surface area contributed by atoms with Crippen molar-refractivity contribution in [3.63, 3.8) is 0 Å². The molecule has 0 aliphatic carbocycles. The fourth-order valence-electron chi connectivity index (χ4n) is 2.09. The van der Waals surface area contributed by atoms with Crippen molar-refractivity contribution in [3.8, 4) is 11.1 Å². The molecule has 0 aliphatic rings. The average molecular weight is 240 g/mol. The predicted molar refractivity (Wildman–Crippen MR) is 72.5 cm³/mol. The van der Waals surface area contributed by atoms with Crippen LogP contribution in [0.3, 0.4) is 0 Å². The molecule has 2 rings (SSSR count). The van der Waals surface area contributed by atoms with Crippen molar-refractivity contribution in [2.24, 2.45) is 0 Å². The van der Waals surface area contributed by atoms with Crippen LogP contribution in [-0.2, 0) is 6.61 Å². The first-order chi connectivity index (χ1) is 8.63. The van der Waals surface area contributed by atoms with Gasteiger partial charge in [0.05, 0.1) is 6.61 Å². The van der Waals surface area contributed by atoms with Crippen molar-refractivity contribution < 1.29 is 9.90 Å². The third kappa shape index (κ3) is 2.34. The SMILES string of the molecule is CC(=O)c1ccc(CO)cc1-c1ccccc1C. The van der Waals surface area contributed by atoms with Gasteiger partial charge in [-0.25, -0.2) is 0 Å². The van der Waals surface area contributed by atoms with Gasteiger partial charge in [-0.1, -0.05) is 36.4 Å². The van der Waals surface area contributed by atoms with Gasteiger partial charge < -0.3 is 5.11 Å². The Morgan fingerprint density at radius 1 is 1.11 bits per heavy atom. The number of aliphatic hydroxyl groups is 1. The van der Waals surface area contributed by atoms with E-state index in [0.717, 1.165) is 22.3 Å². The van der Waals surface area contributed by atoms with Crippen LogP contribution < -0.4 is 0 Å². The molecule has 0 spiro atoms. The normalized spacial score (nSPS) is 10.4. The van der Waals surface area contributed by atoms with Gasteiger partial charge in [0.2, 0.25) is 0 Å². The van der Waals surface area contributed by atoms with Crippen molar-refractivity contribution in [1.82, 2.24) is 0 Å². The molecule has 0 heterocycles. The lowest BCUT2D eigenvalue weighted by Crippen LogP contribution is -1.99. The van der Waals surface area contributed by atoms with Crippen LogP contribution in [0.1, 0.15) is 28.4 Å². The molecule has 92 valence electrons. The third-order valence-electron chi connectivity index (χ3n) is 3.08. The summed E-state index contributed by atoms with van der Waals surface area (Å²) in [7, 11) is 0. The molecule has 1 N–H and O–H groups in total. The van der Waals surface area contributed by atoms with E-state index in [9.17, 15) is 9.90 Å². The molecule has 2 heteroatoms. The first kappa shape index (κ1) is 12.5. The number of Topliss-reactive ketones (excluding diaryl/α,β-unsaturated/α-hetero) is 1. The Hall–Kier alpha value is -1.93. The highest BCUT2D eigenvalue weighted by Gasteiger charge is 2.11. The molecular formula is C16H16O2. The maximum Gasteiger partial charge on any atom is 0.160 e. The second-order valence-electron chi connectivity index (χ2n) is 4.41. The highest BCUT2D eigenvalue weighted by atomic mass is 16.3. The number of carbonyl (C=O) groups excluding carboxylic acids is 1. The minimum Gasteiger partial charge on any atom is -0.392 e. The highest BCUT2D eigenvalue weighted by Crippen LogP contribution is 2.28. The zero-order chi connectivity index (χ0) is 13.1. The molecule has 2 aromatic carbocycles. The van der Waals surface area contributed by atoms with Crippen LogP contribution >= 0.6 is 0 Å². The molecule has 0 aromatic heterocycles. The number of benzene rings is 2. The number of hydrogen-bond acceptors (Lipinski definition) is 2. The summed E-state index contributed by atoms with van der Waals surface area (Å²) in [6.07, 6.45) is 0. The van der Waals surface area contributed by atoms with E-state index in [-0.39, 0.29) is 12.4 Å². The Morgan fingerprint density at radius 2 is 1.83 bits per heavy atom. The molecular weight excluding hydrogens is 224 g/mol. The lowest BCUT2D eigenvalue weighted by molar-refractivity contribution is 0.101. The monoisotopic (exact) mass is 240 g/mol. The topological polar surface area (TPSA) is 37.3 Å². The first-order valence-electron chi connectivity index (χ1n) is 5.94. The van der Waals surface area contributed by atoms with Gasteiger partial charge in [-0.05, 0) is 42.2 Å². The molecule has 0 unspecified atom stereocenters. The third-order valence-corrected chi connectivity index (χ3v) is 3.08. The number of carbonyl (C=O) groups is 1. The van der Waals surface area contributed by atoms with E-state index in [2.05, 4.69) is 0 Å². The van der Waals surface area contributed by atoms with Gasteiger partial charge in [0.1, 0.15) is 0 Å². The van der Waals surface area contributed by atoms with Gasteiger partial charge in [-0.2, -0.15) is 0 Å². The molecule has 0 aliphatic heterocycles. The van der Waals surface area contributed by atoms with Crippen molar-refractivity contribution in [2.75, 3.05) is 0 Å². The van der Waals surface area contributed by atoms with Crippen LogP contribution in [0.4, 0.5) is 0 Å². The van der Waals surface area contributed by atoms with Gasteiger partial charge >= 0.3 is 0 Å². The Labute approximate surface area is 107 Å². The number of rotatable bonds is 3. The summed E-state index contributed by atoms with van der Waals surface area (Å²) in [5, 5.41) is 9.22. The molecule has 0 saturated carbocycles. The molecule has 0 fully saturated rings. The van der Waals surface area contributed by atoms with Gasteiger partial charge in [-0.3, -0.25) is 4.79 Å². The summed E-state index contributed by atoms with van der Waals surface area (Å²) >= 11 is 0. The van der Waals surface area contributed by atoms with Crippen LogP contribution in [0, 0.1) is 6.92 Å². The zero-order valence-corrected chi connectivity index (χ0v) is 10.6. The second kappa shape index (κ2) is 5.15. The van der Waals surface area contributed by atoms with Crippen LogP contribution in [0.5, 0.6) is 0 Å². The van der Waals surface area contributed by atoms with Crippen LogP contribution in [-0.4, -0.2) is 10.9 Å². The lowest BCUT2D eigenvalue weighted by atomic mass is 9.93. The van der Waals surface area contributed by atoms with E-state index in [0.29, 0.717) is 5.56 Å². The van der Waals surface area contributed by atoms with E-state index in [1.807, 2.05) is 37.3 Å². The summed E-state index contributed by atoms with van der Waals surface area (Å²) in [6.45, 7) is 3.57. The van der Waals surface area contributed by atoms with E-state index in [1.54, 1.807) is 19.1 Å². The van der Waals surface area contributed by atoms with Crippen LogP contribution in [0.15, 0.2) is 42.5 Å². The molecule has 0 amide bonds. The number of hydrogen-bond donors (Lipinski definition) is 1. The number of aryl methyl sites for hydroxylation is 1. The summed E-state index contributed by atoms with van der Waals surface area (Å²) in [5.41, 5.74) is 4.57. The largest absolute Gasteiger partial charge is 0.392 e. The van der Waals surface area contributed by atoms with E-state index < -0.39 is 0 Å². The maximum absolute atomic E-state index is 11.7. The quantitative estimate of drug-likeness (QED) is 0.835. The average Bonchev–Trinajstić information content (AvgIpc) is 2.38. The van der Waals surface area contributed by atoms with Crippen LogP contribution in [0.25, 0.3) is 11.1 Å². The van der Waals surface area contributed by atoms with E-state index in [4.69, 9.17) is 0 Å². The lowest BCUT2D eigenvalue weighted by Gasteiger charge is -2.11. The van der Waals surface area contributed by atoms with Gasteiger partial charge in [0, 0.05) is 5.56 Å². The molecule has 18 heavy (non-hydrogen) atoms. The second-order valence-corrected chi connectivity index (χ2v) is 4.41. The fraction of sp³-hybridized carbons (Fsp3) is 0.188. The van der Waals surface area contributed by atoms with Crippen molar-refractivity contribution >= 4 is 5.78 Å². The molecule has 2 nitrogen and oxygen atoms in total. The minimum atomic E-state index is -0.0168. The summed E-state index contributed by atoms with van der Waals surface area (Å²) < 4.78 is 0. The van der Waals surface area contributed by atoms with Gasteiger partial charge in [0.15, 0.2) is 5.78 Å². The van der Waals surface area contributed by atoms with Crippen molar-refractivity contribution in [3.05, 3.63) is 59.2 Å². The highest BCUT2D eigenvalue weighted by molar-refractivity contribution is 6.01. The molecule has 0 saturated heterocycles. The van der Waals surface area contributed by atoms with E-state index >= 15 is 0 Å². The van der Waals surface area contributed by atoms with Crippen LogP contribution in [0.2, 0.25) is 0 Å². The van der Waals surface area contributed by atoms with Crippen molar-refractivity contribution in [1.29, 1.82) is 0 Å². The van der Waals surface area contributed by atoms with Crippen molar-refractivity contribution in [2.45, 2.75) is 20.5 Å². The zero-order valence-electron chi connectivity index (χ0n) is 10.6. The summed E-state index contributed by atoms with van der Waals surface area (Å²) in [4.78, 5) is 11.7. The number of aliphatic hydroxyl groups excluding tert-OH is 1. The standard InChI is InChI=1S/C16H16O2/c1-11-5-3-4-6-14(11)16-9-13(10-17)7-8-15(16)12(2)18/h3-9,17H,10H2,1-2H3. The predicted octanol–water partition coefficient (Wildman–Crippen LogP) is 3.36. The Bertz CT molecular complexity index is 585. The maximum atomic E-state index is 11.7. The molecule has 0 radical (unpaired) electrons. The summed E-state index contributed by atoms with van der Waals surface area (Å²) in [6, 6.07) is 13.4. The number of ketones is 1. The minimum absolute atomic E-state index is 0.0168. The Balaban J connectivity index is 2.68. The smallest absolute Gasteiger partial charge is 0.160 e. The molecule has 0 atom stereocenters. The Kier molecular flexibility index (Phi) is 3.58. The van der Waals surface area contributed by atoms with E-state index in [1.165, 1.54) is 0 Å². The Morgan fingerprint density at radius 3 is 2.44 bits per heavy atom. The summed E-state index contributed by atoms with van der Waals surface area (Å²) in [5.74, 6) is 0.0396. The van der Waals surface area contributed by atoms with Gasteiger partial charge in [-0.15, -0.1) is 0 Å². The molecule has 2 aromatic rings. The fourth-order valence-corrected chi connectivity index (χ4v) is 2.09. The molecule has 0 bridgehead atoms. The van der Waals surface area contributed by atoms with Gasteiger partial charge in [0.25, 0.3) is 0 Å².